The molecular formula is C21H23NO3. The highest BCUT2D eigenvalue weighted by Crippen LogP contribution is 2.25. The van der Waals surface area contributed by atoms with Crippen LogP contribution in [0.3, 0.4) is 0 Å². The first kappa shape index (κ1) is 17.3. The number of hydrogen-bond donors (Lipinski definition) is 3. The Labute approximate surface area is 147 Å². The van der Waals surface area contributed by atoms with Gasteiger partial charge in [0.05, 0.1) is 0 Å². The summed E-state index contributed by atoms with van der Waals surface area (Å²) >= 11 is 0. The van der Waals surface area contributed by atoms with Crippen molar-refractivity contribution in [1.29, 1.82) is 0 Å². The zero-order valence-electron chi connectivity index (χ0n) is 14.1. The van der Waals surface area contributed by atoms with Gasteiger partial charge in [-0.05, 0) is 42.1 Å². The van der Waals surface area contributed by atoms with E-state index in [0.717, 1.165) is 35.1 Å². The van der Waals surface area contributed by atoms with Gasteiger partial charge in [0.1, 0.15) is 24.2 Å². The van der Waals surface area contributed by atoms with Crippen molar-refractivity contribution in [1.82, 2.24) is 5.32 Å². The van der Waals surface area contributed by atoms with Gasteiger partial charge in [0.15, 0.2) is 0 Å². The fourth-order valence-corrected chi connectivity index (χ4v) is 2.73. The monoisotopic (exact) mass is 337 g/mol. The molecule has 0 radical (unpaired) electrons. The normalized spacial score (nSPS) is 12.2. The van der Waals surface area contributed by atoms with Gasteiger partial charge in [-0.25, -0.2) is 0 Å². The van der Waals surface area contributed by atoms with E-state index in [9.17, 15) is 10.2 Å². The highest BCUT2D eigenvalue weighted by Gasteiger charge is 2.07. The predicted molar refractivity (Wildman–Crippen MR) is 100 cm³/mol. The van der Waals surface area contributed by atoms with Gasteiger partial charge >= 0.3 is 0 Å². The Morgan fingerprint density at radius 2 is 1.68 bits per heavy atom. The van der Waals surface area contributed by atoms with Crippen molar-refractivity contribution < 1.29 is 14.9 Å². The molecule has 0 heterocycles. The number of rotatable bonds is 8. The lowest BCUT2D eigenvalue weighted by Gasteiger charge is -2.14. The van der Waals surface area contributed by atoms with Gasteiger partial charge in [0, 0.05) is 11.9 Å². The van der Waals surface area contributed by atoms with E-state index in [0.29, 0.717) is 6.54 Å². The highest BCUT2D eigenvalue weighted by atomic mass is 16.5. The number of fused-ring (bicyclic) bond motifs is 1. The summed E-state index contributed by atoms with van der Waals surface area (Å²) in [7, 11) is 0. The fourth-order valence-electron chi connectivity index (χ4n) is 2.73. The lowest BCUT2D eigenvalue weighted by atomic mass is 10.1. The van der Waals surface area contributed by atoms with Crippen molar-refractivity contribution in [3.63, 3.8) is 0 Å². The maximum atomic E-state index is 10.1. The van der Waals surface area contributed by atoms with Gasteiger partial charge in [-0.1, -0.05) is 48.5 Å². The van der Waals surface area contributed by atoms with E-state index in [4.69, 9.17) is 4.74 Å². The van der Waals surface area contributed by atoms with Crippen molar-refractivity contribution in [3.05, 3.63) is 72.3 Å². The Kier molecular flexibility index (Phi) is 5.88. The van der Waals surface area contributed by atoms with Crippen LogP contribution in [0.15, 0.2) is 66.7 Å². The summed E-state index contributed by atoms with van der Waals surface area (Å²) in [6.45, 7) is 1.49. The molecule has 0 saturated heterocycles. The summed E-state index contributed by atoms with van der Waals surface area (Å²) in [5.41, 5.74) is 1.15. The Balaban J connectivity index is 1.42. The quantitative estimate of drug-likeness (QED) is 0.553. The molecule has 0 aliphatic carbocycles. The molecule has 3 N–H and O–H groups in total. The third-order valence-electron chi connectivity index (χ3n) is 4.09. The minimum atomic E-state index is -0.571. The van der Waals surface area contributed by atoms with Gasteiger partial charge in [0.25, 0.3) is 0 Å². The van der Waals surface area contributed by atoms with Crippen LogP contribution in [0.5, 0.6) is 11.5 Å². The van der Waals surface area contributed by atoms with Crippen LogP contribution >= 0.6 is 0 Å². The average molecular weight is 337 g/mol. The molecule has 0 aromatic heterocycles. The molecule has 0 amide bonds. The van der Waals surface area contributed by atoms with Crippen molar-refractivity contribution in [2.75, 3.05) is 19.7 Å². The van der Waals surface area contributed by atoms with Gasteiger partial charge in [-0.2, -0.15) is 0 Å². The minimum Gasteiger partial charge on any atom is -0.508 e. The Hall–Kier alpha value is -2.56. The third-order valence-corrected chi connectivity index (χ3v) is 4.09. The lowest BCUT2D eigenvalue weighted by molar-refractivity contribution is 0.107. The minimum absolute atomic E-state index is 0.250. The van der Waals surface area contributed by atoms with Crippen LogP contribution in [0.25, 0.3) is 10.8 Å². The van der Waals surface area contributed by atoms with E-state index in [2.05, 4.69) is 5.32 Å². The van der Waals surface area contributed by atoms with Crippen LogP contribution in [0, 0.1) is 0 Å². The summed E-state index contributed by atoms with van der Waals surface area (Å²) in [6.07, 6.45) is 0.274. The molecule has 0 saturated carbocycles. The van der Waals surface area contributed by atoms with Crippen LogP contribution in [-0.2, 0) is 6.42 Å². The van der Waals surface area contributed by atoms with Gasteiger partial charge in [-0.15, -0.1) is 0 Å². The lowest BCUT2D eigenvalue weighted by Crippen LogP contribution is -2.32. The van der Waals surface area contributed by atoms with Crippen LogP contribution < -0.4 is 10.1 Å². The molecule has 0 aliphatic rings. The number of ether oxygens (including phenoxy) is 1. The molecular weight excluding hydrogens is 314 g/mol. The van der Waals surface area contributed by atoms with E-state index in [-0.39, 0.29) is 12.4 Å². The largest absolute Gasteiger partial charge is 0.508 e. The molecule has 3 aromatic carbocycles. The van der Waals surface area contributed by atoms with Crippen molar-refractivity contribution >= 4 is 10.8 Å². The molecule has 4 nitrogen and oxygen atoms in total. The zero-order chi connectivity index (χ0) is 17.5. The molecule has 3 rings (SSSR count). The number of phenolic OH excluding ortho intramolecular Hbond substituents is 1. The second-order valence-electron chi connectivity index (χ2n) is 6.06. The van der Waals surface area contributed by atoms with Gasteiger partial charge in [0.2, 0.25) is 0 Å². The van der Waals surface area contributed by atoms with Crippen LogP contribution in [-0.4, -0.2) is 36.0 Å². The first-order chi connectivity index (χ1) is 12.2. The first-order valence-corrected chi connectivity index (χ1v) is 8.49. The number of aliphatic hydroxyl groups excluding tert-OH is 1. The predicted octanol–water partition coefficient (Wildman–Crippen LogP) is 3.12. The van der Waals surface area contributed by atoms with Gasteiger partial charge < -0.3 is 20.3 Å². The van der Waals surface area contributed by atoms with E-state index < -0.39 is 6.10 Å². The highest BCUT2D eigenvalue weighted by molar-refractivity contribution is 5.88. The number of benzene rings is 3. The number of aliphatic hydroxyl groups is 1. The average Bonchev–Trinajstić information content (AvgIpc) is 2.65. The smallest absolute Gasteiger partial charge is 0.127 e. The molecule has 4 heteroatoms. The molecule has 0 aliphatic heterocycles. The van der Waals surface area contributed by atoms with E-state index >= 15 is 0 Å². The number of nitrogens with one attached hydrogen (secondary N) is 1. The molecule has 0 fully saturated rings. The van der Waals surface area contributed by atoms with E-state index in [1.165, 1.54) is 0 Å². The Bertz CT molecular complexity index is 796. The second kappa shape index (κ2) is 8.51. The molecule has 130 valence electrons. The molecule has 1 atom stereocenters. The maximum Gasteiger partial charge on any atom is 0.127 e. The summed E-state index contributed by atoms with van der Waals surface area (Å²) in [5.74, 6) is 1.07. The van der Waals surface area contributed by atoms with Crippen molar-refractivity contribution in [3.8, 4) is 11.5 Å². The Morgan fingerprint density at radius 1 is 0.920 bits per heavy atom. The summed E-state index contributed by atoms with van der Waals surface area (Å²) < 4.78 is 5.79. The summed E-state index contributed by atoms with van der Waals surface area (Å²) in [4.78, 5) is 0. The number of phenols is 1. The molecule has 25 heavy (non-hydrogen) atoms. The second-order valence-corrected chi connectivity index (χ2v) is 6.06. The van der Waals surface area contributed by atoms with Crippen LogP contribution in [0.4, 0.5) is 0 Å². The maximum absolute atomic E-state index is 10.1. The summed E-state index contributed by atoms with van der Waals surface area (Å²) in [5, 5.41) is 24.8. The van der Waals surface area contributed by atoms with Crippen LogP contribution in [0.2, 0.25) is 0 Å². The van der Waals surface area contributed by atoms with Gasteiger partial charge in [-0.3, -0.25) is 0 Å². The standard InChI is InChI=1S/C21H23NO3/c23-18-10-8-16(9-11-18)12-13-22-14-19(24)15-25-21-7-3-5-17-4-1-2-6-20(17)21/h1-11,19,22-24H,12-15H2/t19-/m0/s1. The van der Waals surface area contributed by atoms with Crippen molar-refractivity contribution in [2.45, 2.75) is 12.5 Å². The van der Waals surface area contributed by atoms with E-state index in [1.807, 2.05) is 54.6 Å². The molecule has 3 aromatic rings. The fraction of sp³-hybridized carbons (Fsp3) is 0.238. The topological polar surface area (TPSA) is 61.7 Å². The van der Waals surface area contributed by atoms with Crippen LogP contribution in [0.1, 0.15) is 5.56 Å². The third kappa shape index (κ3) is 4.95. The summed E-state index contributed by atoms with van der Waals surface area (Å²) in [6, 6.07) is 21.1. The molecule has 0 unspecified atom stereocenters. The first-order valence-electron chi connectivity index (χ1n) is 8.49. The zero-order valence-corrected chi connectivity index (χ0v) is 14.1. The molecule has 0 bridgehead atoms. The van der Waals surface area contributed by atoms with E-state index in [1.54, 1.807) is 12.1 Å². The Morgan fingerprint density at radius 3 is 2.52 bits per heavy atom. The van der Waals surface area contributed by atoms with Crippen molar-refractivity contribution in [2.24, 2.45) is 0 Å². The number of hydrogen-bond acceptors (Lipinski definition) is 4. The number of aromatic hydroxyl groups is 1. The molecule has 0 spiro atoms. The SMILES string of the molecule is Oc1ccc(CCNC[C@H](O)COc2cccc3ccccc23)cc1.